The number of oxazole rings is 1. The zero-order chi connectivity index (χ0) is 27.4. The zero-order valence-electron chi connectivity index (χ0n) is 21.0. The van der Waals surface area contributed by atoms with Crippen molar-refractivity contribution in [2.45, 2.75) is 45.1 Å². The van der Waals surface area contributed by atoms with Crippen molar-refractivity contribution in [1.82, 2.24) is 20.3 Å². The molecule has 7 nitrogen and oxygen atoms in total. The normalized spacial score (nSPS) is 13.5. The number of hydrogen-bond acceptors (Lipinski definition) is 7. The lowest BCUT2D eigenvalue weighted by Gasteiger charge is -2.33. The van der Waals surface area contributed by atoms with Gasteiger partial charge >= 0.3 is 0 Å². The number of halogens is 2. The van der Waals surface area contributed by atoms with Gasteiger partial charge in [-0.25, -0.2) is 23.7 Å². The average Bonchev–Trinajstić information content (AvgIpc) is 3.22. The molecule has 0 aliphatic heterocycles. The summed E-state index contributed by atoms with van der Waals surface area (Å²) in [6.45, 7) is 5.03. The van der Waals surface area contributed by atoms with E-state index in [4.69, 9.17) is 16.6 Å². The lowest BCUT2D eigenvalue weighted by Crippen LogP contribution is -2.37. The third kappa shape index (κ3) is 5.98. The fourth-order valence-corrected chi connectivity index (χ4v) is 4.92. The highest BCUT2D eigenvalue weighted by Gasteiger charge is 2.36. The third-order valence-electron chi connectivity index (χ3n) is 6.32. The first-order valence-corrected chi connectivity index (χ1v) is 12.2. The topological polar surface area (TPSA) is 101 Å². The maximum atomic E-state index is 15.4. The smallest absolute Gasteiger partial charge is 0.256 e. The van der Waals surface area contributed by atoms with Crippen LogP contribution in [0.25, 0.3) is 11.1 Å². The molecule has 2 atom stereocenters. The minimum absolute atomic E-state index is 0.0267. The van der Waals surface area contributed by atoms with Gasteiger partial charge in [-0.15, -0.1) is 0 Å². The van der Waals surface area contributed by atoms with Crippen LogP contribution in [0.5, 0.6) is 0 Å². The van der Waals surface area contributed by atoms with Crippen molar-refractivity contribution in [2.24, 2.45) is 0 Å². The highest BCUT2D eigenvalue weighted by atomic mass is 32.1. The van der Waals surface area contributed by atoms with Crippen LogP contribution in [-0.4, -0.2) is 31.0 Å². The van der Waals surface area contributed by atoms with Crippen molar-refractivity contribution in [3.63, 3.8) is 0 Å². The molecule has 10 heteroatoms. The Morgan fingerprint density at radius 2 is 1.82 bits per heavy atom. The van der Waals surface area contributed by atoms with E-state index in [0.29, 0.717) is 28.5 Å². The number of aromatic nitrogens is 3. The summed E-state index contributed by atoms with van der Waals surface area (Å²) in [4.78, 5) is 25.0. The second-order valence-corrected chi connectivity index (χ2v) is 9.81. The van der Waals surface area contributed by atoms with E-state index in [1.54, 1.807) is 51.1 Å². The number of carbonyl (C=O) groups is 1. The number of amides is 1. The summed E-state index contributed by atoms with van der Waals surface area (Å²) < 4.78 is 35.8. The van der Waals surface area contributed by atoms with Gasteiger partial charge in [-0.3, -0.25) is 4.79 Å². The molecule has 2 N–H and O–H groups in total. The molecule has 2 aromatic heterocycles. The van der Waals surface area contributed by atoms with Gasteiger partial charge in [-0.2, -0.15) is 0 Å². The van der Waals surface area contributed by atoms with Gasteiger partial charge in [0.15, 0.2) is 5.89 Å². The molecule has 0 spiro atoms. The number of rotatable bonds is 8. The Labute approximate surface area is 224 Å². The molecular formula is C28H26F2N4O3S. The molecule has 2 aromatic carbocycles. The first-order chi connectivity index (χ1) is 18.1. The number of aryl methyl sites for hydroxylation is 2. The summed E-state index contributed by atoms with van der Waals surface area (Å²) >= 11 is 5.51. The van der Waals surface area contributed by atoms with Gasteiger partial charge in [0.2, 0.25) is 0 Å². The van der Waals surface area contributed by atoms with Gasteiger partial charge in [0.25, 0.3) is 5.91 Å². The summed E-state index contributed by atoms with van der Waals surface area (Å²) in [5, 5.41) is 13.8. The molecule has 0 aliphatic rings. The number of thiocarbonyl (C=S) groups is 1. The first-order valence-electron chi connectivity index (χ1n) is 11.8. The zero-order valence-corrected chi connectivity index (χ0v) is 21.9. The van der Waals surface area contributed by atoms with E-state index in [0.717, 1.165) is 6.07 Å². The quantitative estimate of drug-likeness (QED) is 0.285. The summed E-state index contributed by atoms with van der Waals surface area (Å²) in [6.07, 6.45) is 2.92. The fraction of sp³-hybridized carbons (Fsp3) is 0.250. The van der Waals surface area contributed by atoms with Gasteiger partial charge in [0.1, 0.15) is 35.5 Å². The van der Waals surface area contributed by atoms with E-state index in [9.17, 15) is 14.3 Å². The molecule has 196 valence electrons. The van der Waals surface area contributed by atoms with Gasteiger partial charge in [-0.05, 0) is 37.1 Å². The van der Waals surface area contributed by atoms with Gasteiger partial charge < -0.3 is 14.8 Å². The van der Waals surface area contributed by atoms with E-state index in [1.165, 1.54) is 24.8 Å². The van der Waals surface area contributed by atoms with E-state index >= 15 is 4.39 Å². The molecule has 4 aromatic rings. The number of benzene rings is 2. The minimum Gasteiger partial charge on any atom is -0.446 e. The highest BCUT2D eigenvalue weighted by Crippen LogP contribution is 2.41. The standard InChI is InChI=1S/C28H26F2N4O3S/c1-16-26(33-17(2)37-16)24(35)11-28(3,12-25(38)34-27(36)18-7-5-4-6-8-18)21-9-20(22(29)10-23(21)30)19-13-31-15-32-14-19/h4-10,13-15,24,35H,11-12H2,1-3H3,(H,34,36,38)/t24-,28-/m1/s1. The minimum atomic E-state index is -1.19. The third-order valence-corrected chi connectivity index (χ3v) is 6.56. The molecule has 0 saturated carbocycles. The van der Waals surface area contributed by atoms with Crippen LogP contribution >= 0.6 is 12.2 Å². The lowest BCUT2D eigenvalue weighted by atomic mass is 9.73. The predicted octanol–water partition coefficient (Wildman–Crippen LogP) is 5.56. The van der Waals surface area contributed by atoms with Crippen molar-refractivity contribution in [1.29, 1.82) is 0 Å². The summed E-state index contributed by atoms with van der Waals surface area (Å²) in [7, 11) is 0. The number of hydrogen-bond donors (Lipinski definition) is 2. The number of nitrogens with one attached hydrogen (secondary N) is 1. The SMILES string of the molecule is Cc1nc([C@H](O)C[C@](C)(CC(=S)NC(=O)c2ccccc2)c2cc(-c3cncnc3)c(F)cc2F)c(C)o1. The van der Waals surface area contributed by atoms with E-state index in [1.807, 2.05) is 0 Å². The van der Waals surface area contributed by atoms with Crippen molar-refractivity contribution in [3.8, 4) is 11.1 Å². The molecule has 1 amide bonds. The Hall–Kier alpha value is -3.89. The second-order valence-electron chi connectivity index (χ2n) is 9.31. The maximum absolute atomic E-state index is 15.4. The van der Waals surface area contributed by atoms with Crippen LogP contribution in [0.15, 0.2) is 65.6 Å². The van der Waals surface area contributed by atoms with Crippen LogP contribution in [0.3, 0.4) is 0 Å². The molecular weight excluding hydrogens is 510 g/mol. The predicted molar refractivity (Wildman–Crippen MR) is 141 cm³/mol. The van der Waals surface area contributed by atoms with Crippen LogP contribution in [0.4, 0.5) is 8.78 Å². The molecule has 0 radical (unpaired) electrons. The van der Waals surface area contributed by atoms with Crippen LogP contribution in [0, 0.1) is 25.5 Å². The van der Waals surface area contributed by atoms with E-state index < -0.39 is 29.1 Å². The second kappa shape index (κ2) is 11.2. The van der Waals surface area contributed by atoms with Crippen molar-refractivity contribution in [3.05, 3.63) is 101 Å². The van der Waals surface area contributed by atoms with Crippen LogP contribution in [-0.2, 0) is 5.41 Å². The Kier molecular flexibility index (Phi) is 8.03. The number of nitrogens with zero attached hydrogens (tertiary/aromatic N) is 3. The lowest BCUT2D eigenvalue weighted by molar-refractivity contribution is 0.0976. The van der Waals surface area contributed by atoms with Gasteiger partial charge in [0.05, 0.1) is 4.99 Å². The number of carbonyl (C=O) groups excluding carboxylic acids is 1. The maximum Gasteiger partial charge on any atom is 0.256 e. The number of aliphatic hydroxyl groups excluding tert-OH is 1. The molecule has 0 bridgehead atoms. The molecule has 0 unspecified atom stereocenters. The van der Waals surface area contributed by atoms with Crippen molar-refractivity contribution < 1.29 is 23.1 Å². The van der Waals surface area contributed by atoms with Crippen molar-refractivity contribution >= 4 is 23.1 Å². The van der Waals surface area contributed by atoms with E-state index in [-0.39, 0.29) is 29.0 Å². The molecule has 2 heterocycles. The summed E-state index contributed by atoms with van der Waals surface area (Å²) in [5.41, 5.74) is 0.0809. The Morgan fingerprint density at radius 3 is 2.45 bits per heavy atom. The molecule has 0 saturated heterocycles. The monoisotopic (exact) mass is 536 g/mol. The summed E-state index contributed by atoms with van der Waals surface area (Å²) in [6, 6.07) is 10.7. The largest absolute Gasteiger partial charge is 0.446 e. The molecule has 0 aliphatic carbocycles. The summed E-state index contributed by atoms with van der Waals surface area (Å²) in [5.74, 6) is -1.21. The Morgan fingerprint density at radius 1 is 1.13 bits per heavy atom. The average molecular weight is 537 g/mol. The van der Waals surface area contributed by atoms with Crippen LogP contribution in [0.2, 0.25) is 0 Å². The molecule has 4 rings (SSSR count). The Balaban J connectivity index is 1.73. The number of aliphatic hydroxyl groups is 1. The van der Waals surface area contributed by atoms with Crippen molar-refractivity contribution in [2.75, 3.05) is 0 Å². The molecule has 0 fully saturated rings. The first kappa shape index (κ1) is 27.2. The Bertz CT molecular complexity index is 1460. The van der Waals surface area contributed by atoms with E-state index in [2.05, 4.69) is 20.3 Å². The van der Waals surface area contributed by atoms with Crippen LogP contribution in [0.1, 0.15) is 59.1 Å². The van der Waals surface area contributed by atoms with Gasteiger partial charge in [-0.1, -0.05) is 37.3 Å². The van der Waals surface area contributed by atoms with Crippen LogP contribution < -0.4 is 5.32 Å². The molecule has 38 heavy (non-hydrogen) atoms. The van der Waals surface area contributed by atoms with Gasteiger partial charge in [0, 0.05) is 53.9 Å². The highest BCUT2D eigenvalue weighted by molar-refractivity contribution is 7.80. The fourth-order valence-electron chi connectivity index (χ4n) is 4.51.